The Morgan fingerprint density at radius 2 is 0.707 bits per heavy atom. The van der Waals surface area contributed by atoms with Crippen molar-refractivity contribution in [1.29, 1.82) is 10.5 Å². The zero-order valence-corrected chi connectivity index (χ0v) is 56.5. The van der Waals surface area contributed by atoms with E-state index in [2.05, 4.69) is 58.6 Å². The zero-order chi connectivity index (χ0) is 66.2. The molecule has 0 radical (unpaired) electrons. The highest BCUT2D eigenvalue weighted by Gasteiger charge is 2.22. The van der Waals surface area contributed by atoms with Gasteiger partial charge in [-0.15, -0.1) is 20.5 Å². The summed E-state index contributed by atoms with van der Waals surface area (Å²) in [5, 5.41) is 59.1. The first-order valence-corrected chi connectivity index (χ1v) is 35.4. The number of nitriles is 2. The molecule has 502 valence electrons. The van der Waals surface area contributed by atoms with Crippen LogP contribution in [0, 0.1) is 36.5 Å². The predicted molar refractivity (Wildman–Crippen MR) is 371 cm³/mol. The average Bonchev–Trinajstić information content (AvgIpc) is 0.804. The lowest BCUT2D eigenvalue weighted by Gasteiger charge is -2.13. The van der Waals surface area contributed by atoms with Crippen molar-refractivity contribution in [3.05, 3.63) is 127 Å². The van der Waals surface area contributed by atoms with Gasteiger partial charge in [-0.05, 0) is 115 Å². The number of hydrogen-bond donors (Lipinski definition) is 2. The Hall–Kier alpha value is -7.46. The van der Waals surface area contributed by atoms with Crippen molar-refractivity contribution in [2.75, 3.05) is 13.2 Å². The number of unbranched alkanes of at least 4 members (excludes halogenated alkanes) is 33. The standard InChI is InChI=1S/C76H110N8O8/c1-5-7-9-11-13-15-17-19-21-23-25-29-33-37-41-49-57-91-75(89)63-51-43-45-53-67(63)79-81-69-65(59-77)61(3)71(85)83(73(69)87)55-47-39-35-31-27-28-32-36-40-48-56-84-72(86)62(4)66(60-78)70(74(84)88)82-80-68-54-46-44-52-64(68)76(90)92-58-50-42-38-34-30-26-24-22-20-18-16-14-12-10-8-6-2/h19-22,43-46,51-54,85-86H,5-18,23-42,47-50,55-58H2,1-4H3. The maximum absolute atomic E-state index is 13.8. The van der Waals surface area contributed by atoms with Crippen molar-refractivity contribution >= 4 is 34.7 Å². The number of ether oxygens (including phenoxy) is 2. The number of pyridine rings is 2. The van der Waals surface area contributed by atoms with E-state index in [1.165, 1.54) is 125 Å². The number of hydrogen-bond acceptors (Lipinski definition) is 14. The molecule has 0 aliphatic heterocycles. The zero-order valence-electron chi connectivity index (χ0n) is 56.5. The number of esters is 2. The first-order valence-electron chi connectivity index (χ1n) is 35.4. The van der Waals surface area contributed by atoms with Crippen molar-refractivity contribution in [3.8, 4) is 23.9 Å². The van der Waals surface area contributed by atoms with Crippen molar-refractivity contribution in [1.82, 2.24) is 9.13 Å². The lowest BCUT2D eigenvalue weighted by atomic mass is 10.1. The van der Waals surface area contributed by atoms with Gasteiger partial charge in [0.05, 0.1) is 35.5 Å². The number of carbonyl (C=O) groups excluding carboxylic acids is 2. The molecule has 0 aliphatic rings. The predicted octanol–water partition coefficient (Wildman–Crippen LogP) is 21.6. The molecule has 0 spiro atoms. The van der Waals surface area contributed by atoms with Crippen molar-refractivity contribution in [3.63, 3.8) is 0 Å². The summed E-state index contributed by atoms with van der Waals surface area (Å²) in [7, 11) is 0. The summed E-state index contributed by atoms with van der Waals surface area (Å²) in [6.07, 6.45) is 51.3. The molecule has 0 unspecified atom stereocenters. The van der Waals surface area contributed by atoms with E-state index < -0.39 is 23.1 Å². The Morgan fingerprint density at radius 1 is 0.424 bits per heavy atom. The summed E-state index contributed by atoms with van der Waals surface area (Å²) in [4.78, 5) is 53.9. The highest BCUT2D eigenvalue weighted by molar-refractivity contribution is 5.95. The van der Waals surface area contributed by atoms with Gasteiger partial charge in [0.1, 0.15) is 23.5 Å². The molecule has 0 atom stereocenters. The first-order chi connectivity index (χ1) is 45.0. The van der Waals surface area contributed by atoms with Gasteiger partial charge >= 0.3 is 11.9 Å². The Labute approximate surface area is 550 Å². The van der Waals surface area contributed by atoms with Gasteiger partial charge in [-0.25, -0.2) is 9.59 Å². The van der Waals surface area contributed by atoms with E-state index in [0.717, 1.165) is 116 Å². The van der Waals surface area contributed by atoms with E-state index in [1.54, 1.807) is 62.4 Å². The van der Waals surface area contributed by atoms with Crippen LogP contribution in [-0.2, 0) is 22.6 Å². The molecule has 92 heavy (non-hydrogen) atoms. The van der Waals surface area contributed by atoms with Crippen LogP contribution in [0.1, 0.15) is 301 Å². The van der Waals surface area contributed by atoms with Gasteiger partial charge in [-0.1, -0.05) is 229 Å². The quantitative estimate of drug-likeness (QED) is 0.0184. The van der Waals surface area contributed by atoms with Gasteiger partial charge in [0, 0.05) is 24.2 Å². The fourth-order valence-corrected chi connectivity index (χ4v) is 11.3. The summed E-state index contributed by atoms with van der Waals surface area (Å²) in [6, 6.07) is 17.2. The first kappa shape index (κ1) is 77.0. The van der Waals surface area contributed by atoms with E-state index in [-0.39, 0.29) is 94.2 Å². The molecule has 2 heterocycles. The molecular formula is C76H110N8O8. The van der Waals surface area contributed by atoms with Gasteiger partial charge < -0.3 is 19.7 Å². The summed E-state index contributed by atoms with van der Waals surface area (Å²) < 4.78 is 13.7. The second-order valence-electron chi connectivity index (χ2n) is 24.6. The maximum Gasteiger partial charge on any atom is 0.340 e. The highest BCUT2D eigenvalue weighted by atomic mass is 16.5. The smallest absolute Gasteiger partial charge is 0.340 e. The van der Waals surface area contributed by atoms with Crippen LogP contribution in [0.15, 0.2) is 103 Å². The van der Waals surface area contributed by atoms with Crippen LogP contribution in [0.4, 0.5) is 22.7 Å². The van der Waals surface area contributed by atoms with E-state index in [0.29, 0.717) is 12.8 Å². The third kappa shape index (κ3) is 29.0. The van der Waals surface area contributed by atoms with E-state index >= 15 is 0 Å². The molecule has 2 aromatic heterocycles. The molecule has 4 aromatic rings. The number of benzene rings is 2. The fraction of sp³-hybridized carbons (Fsp3) is 0.605. The minimum atomic E-state index is -0.639. The lowest BCUT2D eigenvalue weighted by molar-refractivity contribution is 0.0489. The van der Waals surface area contributed by atoms with Crippen LogP contribution >= 0.6 is 0 Å². The summed E-state index contributed by atoms with van der Waals surface area (Å²) in [5.41, 5.74) is -0.580. The number of aromatic nitrogens is 2. The number of azo groups is 2. The summed E-state index contributed by atoms with van der Waals surface area (Å²) in [6.45, 7) is 8.65. The molecule has 0 amide bonds. The molecular weight excluding hydrogens is 1150 g/mol. The SMILES string of the molecule is CCCCCCCCC=CCCCCCCCCOC(=O)c1ccccc1N=Nc1c(C#N)c(C)c(O)n(CCCCCCCCCCCCn2c(O)c(C)c(C#N)c(N=Nc3ccccc3C(=O)OCCCCCCCCC=CCCCCCCCC)c2=O)c1=O. The molecule has 0 aliphatic carbocycles. The van der Waals surface area contributed by atoms with Gasteiger partial charge in [0.2, 0.25) is 0 Å². The second-order valence-corrected chi connectivity index (χ2v) is 24.6. The minimum absolute atomic E-state index is 0.0788. The van der Waals surface area contributed by atoms with Gasteiger partial charge in [0.15, 0.2) is 23.1 Å². The van der Waals surface area contributed by atoms with E-state index in [4.69, 9.17) is 9.47 Å². The Morgan fingerprint density at radius 3 is 1.02 bits per heavy atom. The van der Waals surface area contributed by atoms with E-state index in [1.807, 2.05) is 12.1 Å². The van der Waals surface area contributed by atoms with Gasteiger partial charge in [0.25, 0.3) is 11.1 Å². The Bertz CT molecular complexity index is 2920. The largest absolute Gasteiger partial charge is 0.494 e. The van der Waals surface area contributed by atoms with Crippen LogP contribution < -0.4 is 11.1 Å². The number of nitrogens with zero attached hydrogens (tertiary/aromatic N) is 8. The molecule has 0 saturated heterocycles. The van der Waals surface area contributed by atoms with Crippen LogP contribution in [0.25, 0.3) is 0 Å². The second kappa shape index (κ2) is 48.3. The lowest BCUT2D eigenvalue weighted by Crippen LogP contribution is -2.22. The molecule has 4 rings (SSSR count). The molecule has 0 saturated carbocycles. The Kier molecular flexibility index (Phi) is 40.4. The van der Waals surface area contributed by atoms with Crippen LogP contribution in [0.3, 0.4) is 0 Å². The molecule has 16 nitrogen and oxygen atoms in total. The molecule has 2 aromatic carbocycles. The average molecular weight is 1260 g/mol. The van der Waals surface area contributed by atoms with Crippen molar-refractivity contribution < 1.29 is 29.3 Å². The third-order valence-electron chi connectivity index (χ3n) is 17.1. The summed E-state index contributed by atoms with van der Waals surface area (Å²) in [5.74, 6) is -1.64. The molecule has 0 bridgehead atoms. The number of aromatic hydroxyl groups is 2. The number of allylic oxidation sites excluding steroid dienone is 4. The topological polar surface area (TPSA) is 234 Å². The number of rotatable bonds is 51. The normalized spacial score (nSPS) is 11.6. The third-order valence-corrected chi connectivity index (χ3v) is 17.1. The fourth-order valence-electron chi connectivity index (χ4n) is 11.3. The highest BCUT2D eigenvalue weighted by Crippen LogP contribution is 2.31. The van der Waals surface area contributed by atoms with Crippen molar-refractivity contribution in [2.24, 2.45) is 20.5 Å². The maximum atomic E-state index is 13.8. The van der Waals surface area contributed by atoms with Crippen molar-refractivity contribution in [2.45, 2.75) is 285 Å². The molecule has 16 heteroatoms. The number of carbonyl (C=O) groups is 2. The monoisotopic (exact) mass is 1260 g/mol. The van der Waals surface area contributed by atoms with Gasteiger partial charge in [-0.3, -0.25) is 18.7 Å². The Balaban J connectivity index is 1.14. The molecule has 2 N–H and O–H groups in total. The summed E-state index contributed by atoms with van der Waals surface area (Å²) >= 11 is 0. The van der Waals surface area contributed by atoms with Gasteiger partial charge in [-0.2, -0.15) is 10.5 Å². The van der Waals surface area contributed by atoms with Crippen LogP contribution in [0.2, 0.25) is 0 Å². The van der Waals surface area contributed by atoms with Crippen LogP contribution in [0.5, 0.6) is 11.8 Å². The molecule has 0 fully saturated rings. The minimum Gasteiger partial charge on any atom is -0.494 e. The van der Waals surface area contributed by atoms with Crippen LogP contribution in [-0.4, -0.2) is 44.5 Å². The van der Waals surface area contributed by atoms with E-state index in [9.17, 15) is 39.9 Å².